The molecule has 0 aromatic heterocycles. The van der Waals surface area contributed by atoms with E-state index in [-0.39, 0.29) is 5.60 Å². The second-order valence-corrected chi connectivity index (χ2v) is 5.61. The van der Waals surface area contributed by atoms with Crippen LogP contribution in [0, 0.1) is 5.92 Å². The van der Waals surface area contributed by atoms with Crippen LogP contribution in [-0.4, -0.2) is 35.0 Å². The molecule has 2 N–H and O–H groups in total. The van der Waals surface area contributed by atoms with Crippen LogP contribution >= 0.6 is 0 Å². The zero-order chi connectivity index (χ0) is 14.2. The Balaban J connectivity index is 3.54. The van der Waals surface area contributed by atoms with E-state index in [0.29, 0.717) is 6.42 Å². The molecule has 0 aliphatic heterocycles. The molecule has 0 amide bonds. The molecule has 0 fully saturated rings. The van der Waals surface area contributed by atoms with E-state index in [9.17, 15) is 9.90 Å². The Bertz CT molecular complexity index is 238. The maximum Gasteiger partial charge on any atom is 0.308 e. The van der Waals surface area contributed by atoms with Gasteiger partial charge in [0.15, 0.2) is 0 Å². The van der Waals surface area contributed by atoms with Crippen molar-refractivity contribution in [3.8, 4) is 0 Å². The summed E-state index contributed by atoms with van der Waals surface area (Å²) in [6.45, 7) is 5.70. The van der Waals surface area contributed by atoms with Crippen molar-refractivity contribution in [1.29, 1.82) is 0 Å². The van der Waals surface area contributed by atoms with Gasteiger partial charge in [-0.2, -0.15) is 0 Å². The fourth-order valence-electron chi connectivity index (χ4n) is 1.77. The van der Waals surface area contributed by atoms with Crippen LogP contribution in [0.1, 0.15) is 59.3 Å². The number of methoxy groups -OCH3 is 1. The highest BCUT2D eigenvalue weighted by Crippen LogP contribution is 2.19. The van der Waals surface area contributed by atoms with Crippen LogP contribution in [-0.2, 0) is 9.53 Å². The highest BCUT2D eigenvalue weighted by atomic mass is 16.5. The predicted molar refractivity (Wildman–Crippen MR) is 71.6 cm³/mol. The van der Waals surface area contributed by atoms with Crippen LogP contribution in [0.2, 0.25) is 0 Å². The number of aliphatic hydroxyl groups is 1. The zero-order valence-electron chi connectivity index (χ0n) is 12.1. The summed E-state index contributed by atoms with van der Waals surface area (Å²) in [5.74, 6) is -1.60. The lowest BCUT2D eigenvalue weighted by atomic mass is 9.97. The molecule has 108 valence electrons. The second-order valence-electron chi connectivity index (χ2n) is 5.61. The van der Waals surface area contributed by atoms with Gasteiger partial charge in [0.1, 0.15) is 0 Å². The zero-order valence-corrected chi connectivity index (χ0v) is 12.1. The average molecular weight is 260 g/mol. The van der Waals surface area contributed by atoms with Gasteiger partial charge in [0.25, 0.3) is 0 Å². The lowest BCUT2D eigenvalue weighted by molar-refractivity contribution is -0.144. The van der Waals surface area contributed by atoms with Gasteiger partial charge in [0.2, 0.25) is 0 Å². The number of unbranched alkanes of at least 4 members (excludes halogenated alkanes) is 3. The highest BCUT2D eigenvalue weighted by molar-refractivity contribution is 5.70. The maximum absolute atomic E-state index is 10.6. The van der Waals surface area contributed by atoms with Crippen molar-refractivity contribution in [3.63, 3.8) is 0 Å². The van der Waals surface area contributed by atoms with E-state index in [1.54, 1.807) is 14.0 Å². The van der Waals surface area contributed by atoms with Gasteiger partial charge < -0.3 is 14.9 Å². The van der Waals surface area contributed by atoms with Gasteiger partial charge in [0.05, 0.1) is 17.6 Å². The van der Waals surface area contributed by atoms with E-state index in [0.717, 1.165) is 32.1 Å². The van der Waals surface area contributed by atoms with Crippen LogP contribution in [0.15, 0.2) is 0 Å². The minimum absolute atomic E-state index is 0.0582. The number of carboxylic acid groups (broad SMARTS) is 1. The molecule has 4 heteroatoms. The Morgan fingerprint density at radius 3 is 2.28 bits per heavy atom. The minimum Gasteiger partial charge on any atom is -0.481 e. The molecule has 18 heavy (non-hydrogen) atoms. The Hall–Kier alpha value is -0.610. The van der Waals surface area contributed by atoms with Crippen LogP contribution in [0.5, 0.6) is 0 Å². The summed E-state index contributed by atoms with van der Waals surface area (Å²) >= 11 is 0. The Kier molecular flexibility index (Phi) is 8.20. The largest absolute Gasteiger partial charge is 0.481 e. The van der Waals surface area contributed by atoms with E-state index < -0.39 is 18.0 Å². The molecule has 4 nitrogen and oxygen atoms in total. The number of hydrogen-bond acceptors (Lipinski definition) is 3. The maximum atomic E-state index is 10.6. The number of ether oxygens (including phenoxy) is 1. The van der Waals surface area contributed by atoms with E-state index >= 15 is 0 Å². The minimum atomic E-state index is -0.927. The number of aliphatic carboxylic acids is 1. The fourth-order valence-corrected chi connectivity index (χ4v) is 1.77. The molecule has 2 unspecified atom stereocenters. The van der Waals surface area contributed by atoms with E-state index in [1.165, 1.54) is 0 Å². The van der Waals surface area contributed by atoms with Gasteiger partial charge in [-0.3, -0.25) is 4.79 Å². The van der Waals surface area contributed by atoms with Gasteiger partial charge in [-0.05, 0) is 33.6 Å². The van der Waals surface area contributed by atoms with Gasteiger partial charge in [-0.15, -0.1) is 0 Å². The first-order valence-electron chi connectivity index (χ1n) is 6.76. The Labute approximate surface area is 110 Å². The topological polar surface area (TPSA) is 66.8 Å². The van der Waals surface area contributed by atoms with E-state index in [4.69, 9.17) is 9.84 Å². The standard InChI is InChI=1S/C14H28O4/c1-11(13(16)17)12(15)9-7-5-6-8-10-14(2,3)18-4/h11-12,15H,5-10H2,1-4H3,(H,16,17). The number of aliphatic hydroxyl groups excluding tert-OH is 1. The third-order valence-corrected chi connectivity index (χ3v) is 3.55. The summed E-state index contributed by atoms with van der Waals surface area (Å²) in [6, 6.07) is 0. The van der Waals surface area contributed by atoms with Crippen molar-refractivity contribution in [2.75, 3.05) is 7.11 Å². The monoisotopic (exact) mass is 260 g/mol. The molecular weight excluding hydrogens is 232 g/mol. The van der Waals surface area contributed by atoms with E-state index in [2.05, 4.69) is 13.8 Å². The van der Waals surface area contributed by atoms with Gasteiger partial charge in [-0.1, -0.05) is 25.7 Å². The summed E-state index contributed by atoms with van der Waals surface area (Å²) in [5.41, 5.74) is -0.0582. The van der Waals surface area contributed by atoms with E-state index in [1.807, 2.05) is 0 Å². The van der Waals surface area contributed by atoms with Crippen LogP contribution < -0.4 is 0 Å². The smallest absolute Gasteiger partial charge is 0.308 e. The number of rotatable bonds is 10. The lowest BCUT2D eigenvalue weighted by Gasteiger charge is -2.22. The van der Waals surface area contributed by atoms with Crippen molar-refractivity contribution >= 4 is 5.97 Å². The average Bonchev–Trinajstić information content (AvgIpc) is 2.32. The predicted octanol–water partition coefficient (Wildman–Crippen LogP) is 2.83. The molecule has 0 aromatic rings. The molecule has 0 radical (unpaired) electrons. The molecular formula is C14H28O4. The first-order chi connectivity index (χ1) is 8.30. The number of hydrogen-bond donors (Lipinski definition) is 2. The van der Waals surface area contributed by atoms with Crippen molar-refractivity contribution in [2.24, 2.45) is 5.92 Å². The molecule has 0 bridgehead atoms. The molecule has 0 aliphatic rings. The van der Waals surface area contributed by atoms with Crippen molar-refractivity contribution in [2.45, 2.75) is 71.0 Å². The quantitative estimate of drug-likeness (QED) is 0.593. The third kappa shape index (κ3) is 7.67. The Morgan fingerprint density at radius 2 is 1.78 bits per heavy atom. The van der Waals surface area contributed by atoms with Gasteiger partial charge in [-0.25, -0.2) is 0 Å². The molecule has 0 heterocycles. The summed E-state index contributed by atoms with van der Waals surface area (Å²) in [4.78, 5) is 10.6. The van der Waals surface area contributed by atoms with Crippen LogP contribution in [0.4, 0.5) is 0 Å². The SMILES string of the molecule is COC(C)(C)CCCCCCC(O)C(C)C(=O)O. The summed E-state index contributed by atoms with van der Waals surface area (Å²) in [7, 11) is 1.73. The Morgan fingerprint density at radius 1 is 1.22 bits per heavy atom. The van der Waals surface area contributed by atoms with Gasteiger partial charge in [0, 0.05) is 7.11 Å². The molecule has 2 atom stereocenters. The summed E-state index contributed by atoms with van der Waals surface area (Å²) < 4.78 is 5.33. The fraction of sp³-hybridized carbons (Fsp3) is 0.929. The van der Waals surface area contributed by atoms with Gasteiger partial charge >= 0.3 is 5.97 Å². The van der Waals surface area contributed by atoms with Crippen LogP contribution in [0.25, 0.3) is 0 Å². The molecule has 0 saturated heterocycles. The molecule has 0 saturated carbocycles. The van der Waals surface area contributed by atoms with Crippen molar-refractivity contribution in [1.82, 2.24) is 0 Å². The highest BCUT2D eigenvalue weighted by Gasteiger charge is 2.20. The van der Waals surface area contributed by atoms with Crippen molar-refractivity contribution in [3.05, 3.63) is 0 Å². The third-order valence-electron chi connectivity index (χ3n) is 3.55. The second kappa shape index (κ2) is 8.48. The summed E-state index contributed by atoms with van der Waals surface area (Å²) in [5, 5.41) is 18.3. The van der Waals surface area contributed by atoms with Crippen molar-refractivity contribution < 1.29 is 19.7 Å². The first-order valence-corrected chi connectivity index (χ1v) is 6.76. The number of carboxylic acids is 1. The molecule has 0 aromatic carbocycles. The molecule has 0 aliphatic carbocycles. The molecule has 0 spiro atoms. The normalized spacial score (nSPS) is 15.4. The number of carbonyl (C=O) groups is 1. The lowest BCUT2D eigenvalue weighted by Crippen LogP contribution is -2.25. The molecule has 0 rings (SSSR count). The first kappa shape index (κ1) is 17.4. The summed E-state index contributed by atoms with van der Waals surface area (Å²) in [6.07, 6.45) is 4.98. The van der Waals surface area contributed by atoms with Crippen LogP contribution in [0.3, 0.4) is 0 Å².